The number of carbonyl (C=O) groups excluding carboxylic acids is 2. The molecule has 3 aromatic rings. The number of aromatic nitrogens is 2. The maximum absolute atomic E-state index is 12.5. The average Bonchev–Trinajstić information content (AvgIpc) is 2.80. The van der Waals surface area contributed by atoms with Gasteiger partial charge in [0.1, 0.15) is 12.4 Å². The molecule has 1 aliphatic heterocycles. The van der Waals surface area contributed by atoms with E-state index in [0.29, 0.717) is 22.7 Å². The molecule has 0 aliphatic carbocycles. The van der Waals surface area contributed by atoms with E-state index in [1.807, 2.05) is 30.3 Å². The van der Waals surface area contributed by atoms with Gasteiger partial charge in [-0.05, 0) is 29.8 Å². The van der Waals surface area contributed by atoms with E-state index in [4.69, 9.17) is 11.6 Å². The number of rotatable bonds is 3. The Bertz CT molecular complexity index is 1010. The van der Waals surface area contributed by atoms with Gasteiger partial charge in [0.15, 0.2) is 0 Å². The number of anilines is 1. The second-order valence-corrected chi connectivity index (χ2v) is 6.64. The molecule has 4 rings (SSSR count). The molecule has 0 saturated heterocycles. The van der Waals surface area contributed by atoms with Crippen LogP contribution in [0.2, 0.25) is 5.02 Å². The van der Waals surface area contributed by atoms with Gasteiger partial charge in [0, 0.05) is 23.2 Å². The largest absolute Gasteiger partial charge is 0.340 e. The lowest BCUT2D eigenvalue weighted by Crippen LogP contribution is -2.42. The third-order valence-corrected chi connectivity index (χ3v) is 4.61. The Balaban J connectivity index is 1.53. The van der Waals surface area contributed by atoms with Crippen molar-refractivity contribution in [3.05, 3.63) is 77.2 Å². The molecule has 2 heterocycles. The molecule has 2 N–H and O–H groups in total. The zero-order chi connectivity index (χ0) is 18.8. The molecule has 134 valence electrons. The Morgan fingerprint density at radius 3 is 2.59 bits per heavy atom. The summed E-state index contributed by atoms with van der Waals surface area (Å²) < 4.78 is 0. The van der Waals surface area contributed by atoms with Crippen LogP contribution in [-0.4, -0.2) is 27.8 Å². The first kappa shape index (κ1) is 17.2. The number of benzene rings is 2. The van der Waals surface area contributed by atoms with Gasteiger partial charge in [0.25, 0.3) is 5.91 Å². The summed E-state index contributed by atoms with van der Waals surface area (Å²) in [6.07, 6.45) is 3.56. The van der Waals surface area contributed by atoms with Gasteiger partial charge in [-0.15, -0.1) is 0 Å². The zero-order valence-corrected chi connectivity index (χ0v) is 14.9. The molecule has 1 aromatic heterocycles. The molecule has 0 saturated carbocycles. The lowest BCUT2D eigenvalue weighted by Gasteiger charge is -2.15. The quantitative estimate of drug-likeness (QED) is 0.733. The molecular weight excluding hydrogens is 364 g/mol. The lowest BCUT2D eigenvalue weighted by molar-refractivity contribution is -0.117. The van der Waals surface area contributed by atoms with E-state index in [1.165, 1.54) is 6.33 Å². The van der Waals surface area contributed by atoms with Crippen molar-refractivity contribution in [3.63, 3.8) is 0 Å². The molecule has 1 aliphatic rings. The molecule has 0 spiro atoms. The van der Waals surface area contributed by atoms with Crippen molar-refractivity contribution < 1.29 is 9.59 Å². The molecule has 6 nitrogen and oxygen atoms in total. The van der Waals surface area contributed by atoms with Crippen LogP contribution in [-0.2, 0) is 11.2 Å². The predicted molar refractivity (Wildman–Crippen MR) is 103 cm³/mol. The van der Waals surface area contributed by atoms with Gasteiger partial charge in [-0.2, -0.15) is 0 Å². The van der Waals surface area contributed by atoms with E-state index in [0.717, 1.165) is 16.8 Å². The second kappa shape index (κ2) is 7.17. The summed E-state index contributed by atoms with van der Waals surface area (Å²) in [5, 5.41) is 6.01. The summed E-state index contributed by atoms with van der Waals surface area (Å²) in [4.78, 5) is 33.1. The molecule has 7 heteroatoms. The Kier molecular flexibility index (Phi) is 4.56. The van der Waals surface area contributed by atoms with E-state index in [-0.39, 0.29) is 11.8 Å². The smallest absolute Gasteiger partial charge is 0.254 e. The number of amides is 2. The number of hydrogen-bond donors (Lipinski definition) is 2. The van der Waals surface area contributed by atoms with E-state index in [2.05, 4.69) is 20.6 Å². The highest BCUT2D eigenvalue weighted by molar-refractivity contribution is 6.31. The fraction of sp³-hybridized carbons (Fsp3) is 0.100. The minimum absolute atomic E-state index is 0.260. The summed E-state index contributed by atoms with van der Waals surface area (Å²) in [6.45, 7) is 0. The first-order valence-corrected chi connectivity index (χ1v) is 8.74. The Morgan fingerprint density at radius 1 is 1.04 bits per heavy atom. The van der Waals surface area contributed by atoms with Crippen molar-refractivity contribution in [1.82, 2.24) is 15.3 Å². The number of fused-ring (bicyclic) bond motifs is 1. The highest BCUT2D eigenvalue weighted by atomic mass is 35.5. The van der Waals surface area contributed by atoms with Crippen molar-refractivity contribution in [2.75, 3.05) is 5.32 Å². The summed E-state index contributed by atoms with van der Waals surface area (Å²) in [5.41, 5.74) is 3.53. The van der Waals surface area contributed by atoms with Crippen LogP contribution in [0.4, 0.5) is 5.69 Å². The van der Waals surface area contributed by atoms with Crippen LogP contribution in [0.1, 0.15) is 15.9 Å². The third-order valence-electron chi connectivity index (χ3n) is 4.38. The van der Waals surface area contributed by atoms with Crippen molar-refractivity contribution in [3.8, 4) is 11.3 Å². The van der Waals surface area contributed by atoms with Crippen molar-refractivity contribution in [2.45, 2.75) is 12.5 Å². The van der Waals surface area contributed by atoms with Gasteiger partial charge in [-0.1, -0.05) is 35.9 Å². The molecule has 0 bridgehead atoms. The van der Waals surface area contributed by atoms with E-state index >= 15 is 0 Å². The lowest BCUT2D eigenvalue weighted by atomic mass is 10.0. The fourth-order valence-electron chi connectivity index (χ4n) is 2.99. The van der Waals surface area contributed by atoms with Gasteiger partial charge in [-0.3, -0.25) is 9.59 Å². The monoisotopic (exact) mass is 378 g/mol. The maximum Gasteiger partial charge on any atom is 0.254 e. The standard InChI is InChI=1S/C20H15ClN4O2/c21-14-5-6-17-15(10-14)19(26)25-18(20(27)24-17)9-12-1-3-13(4-2-12)16-7-8-22-11-23-16/h1-8,10-11,18H,9H2,(H,24,27)(H,25,26). The van der Waals surface area contributed by atoms with Crippen LogP contribution in [0, 0.1) is 0 Å². The van der Waals surface area contributed by atoms with E-state index in [9.17, 15) is 9.59 Å². The molecule has 0 fully saturated rings. The van der Waals surface area contributed by atoms with Gasteiger partial charge in [0.2, 0.25) is 5.91 Å². The zero-order valence-electron chi connectivity index (χ0n) is 14.1. The minimum Gasteiger partial charge on any atom is -0.340 e. The van der Waals surface area contributed by atoms with Crippen molar-refractivity contribution >= 4 is 29.1 Å². The molecule has 2 amide bonds. The molecular formula is C20H15ClN4O2. The van der Waals surface area contributed by atoms with Gasteiger partial charge < -0.3 is 10.6 Å². The predicted octanol–water partition coefficient (Wildman–Crippen LogP) is 3.09. The minimum atomic E-state index is -0.673. The number of nitrogens with one attached hydrogen (secondary N) is 2. The fourth-order valence-corrected chi connectivity index (χ4v) is 3.16. The second-order valence-electron chi connectivity index (χ2n) is 6.20. The summed E-state index contributed by atoms with van der Waals surface area (Å²) >= 11 is 5.96. The summed E-state index contributed by atoms with van der Waals surface area (Å²) in [6, 6.07) is 13.7. The van der Waals surface area contributed by atoms with E-state index < -0.39 is 6.04 Å². The van der Waals surface area contributed by atoms with Gasteiger partial charge >= 0.3 is 0 Å². The highest BCUT2D eigenvalue weighted by Crippen LogP contribution is 2.24. The van der Waals surface area contributed by atoms with Crippen molar-refractivity contribution in [1.29, 1.82) is 0 Å². The molecule has 0 radical (unpaired) electrons. The topological polar surface area (TPSA) is 84.0 Å². The van der Waals surface area contributed by atoms with Crippen LogP contribution >= 0.6 is 11.6 Å². The Labute approximate surface area is 160 Å². The number of carbonyl (C=O) groups is 2. The summed E-state index contributed by atoms with van der Waals surface area (Å²) in [5.74, 6) is -0.585. The van der Waals surface area contributed by atoms with Gasteiger partial charge in [0.05, 0.1) is 16.9 Å². The van der Waals surface area contributed by atoms with Crippen molar-refractivity contribution in [2.24, 2.45) is 0 Å². The first-order chi connectivity index (χ1) is 13.1. The van der Waals surface area contributed by atoms with E-state index in [1.54, 1.807) is 24.4 Å². The number of halogens is 1. The molecule has 2 aromatic carbocycles. The normalized spacial score (nSPS) is 16.1. The van der Waals surface area contributed by atoms with Crippen LogP contribution in [0.25, 0.3) is 11.3 Å². The van der Waals surface area contributed by atoms with Crippen LogP contribution < -0.4 is 10.6 Å². The SMILES string of the molecule is O=C1NC(Cc2ccc(-c3ccncn3)cc2)C(=O)Nc2ccc(Cl)cc21. The molecule has 27 heavy (non-hydrogen) atoms. The number of nitrogens with zero attached hydrogens (tertiary/aromatic N) is 2. The maximum atomic E-state index is 12.5. The third kappa shape index (κ3) is 3.66. The van der Waals surface area contributed by atoms with Crippen LogP contribution in [0.15, 0.2) is 61.1 Å². The first-order valence-electron chi connectivity index (χ1n) is 8.37. The molecule has 1 atom stereocenters. The Morgan fingerprint density at radius 2 is 1.85 bits per heavy atom. The highest BCUT2D eigenvalue weighted by Gasteiger charge is 2.28. The van der Waals surface area contributed by atoms with Crippen LogP contribution in [0.3, 0.4) is 0 Å². The van der Waals surface area contributed by atoms with Gasteiger partial charge in [-0.25, -0.2) is 9.97 Å². The molecule has 1 unspecified atom stereocenters. The average molecular weight is 379 g/mol. The Hall–Kier alpha value is -3.25. The number of hydrogen-bond acceptors (Lipinski definition) is 4. The van der Waals surface area contributed by atoms with Crippen LogP contribution in [0.5, 0.6) is 0 Å². The summed E-state index contributed by atoms with van der Waals surface area (Å²) in [7, 11) is 0.